The van der Waals surface area contributed by atoms with Crippen LogP contribution in [0, 0.1) is 5.82 Å². The number of tetrazole rings is 1. The molecular formula is C17H16FN5O3. The molecule has 0 saturated heterocycles. The van der Waals surface area contributed by atoms with E-state index in [-0.39, 0.29) is 23.8 Å². The van der Waals surface area contributed by atoms with E-state index in [4.69, 9.17) is 9.47 Å². The van der Waals surface area contributed by atoms with Crippen molar-refractivity contribution in [3.63, 3.8) is 0 Å². The van der Waals surface area contributed by atoms with Gasteiger partial charge in [-0.2, -0.15) is 0 Å². The SMILES string of the molecule is COc1cc(F)c(NC(=O)Cc2ccc(-n3cnnn3)cc2)cc1OC. The van der Waals surface area contributed by atoms with Crippen molar-refractivity contribution in [2.24, 2.45) is 0 Å². The molecule has 0 atom stereocenters. The lowest BCUT2D eigenvalue weighted by Gasteiger charge is -2.12. The van der Waals surface area contributed by atoms with Crippen molar-refractivity contribution in [1.29, 1.82) is 0 Å². The minimum Gasteiger partial charge on any atom is -0.493 e. The average Bonchev–Trinajstić information content (AvgIpc) is 3.18. The summed E-state index contributed by atoms with van der Waals surface area (Å²) in [6.07, 6.45) is 1.56. The van der Waals surface area contributed by atoms with Crippen LogP contribution in [-0.4, -0.2) is 40.3 Å². The van der Waals surface area contributed by atoms with Crippen LogP contribution in [0.2, 0.25) is 0 Å². The van der Waals surface area contributed by atoms with E-state index in [9.17, 15) is 9.18 Å². The normalized spacial score (nSPS) is 10.4. The third-order valence-corrected chi connectivity index (χ3v) is 3.66. The predicted molar refractivity (Wildman–Crippen MR) is 91.0 cm³/mol. The Morgan fingerprint density at radius 1 is 1.15 bits per heavy atom. The van der Waals surface area contributed by atoms with Gasteiger partial charge < -0.3 is 14.8 Å². The number of anilines is 1. The lowest BCUT2D eigenvalue weighted by Crippen LogP contribution is -2.15. The number of hydrogen-bond acceptors (Lipinski definition) is 6. The number of carbonyl (C=O) groups excluding carboxylic acids is 1. The third-order valence-electron chi connectivity index (χ3n) is 3.66. The van der Waals surface area contributed by atoms with Crippen molar-refractivity contribution < 1.29 is 18.7 Å². The summed E-state index contributed by atoms with van der Waals surface area (Å²) in [5.74, 6) is -0.382. The van der Waals surface area contributed by atoms with Gasteiger partial charge in [-0.05, 0) is 28.1 Å². The summed E-state index contributed by atoms with van der Waals surface area (Å²) in [4.78, 5) is 12.2. The highest BCUT2D eigenvalue weighted by Crippen LogP contribution is 2.32. The Labute approximate surface area is 148 Å². The minimum atomic E-state index is -0.606. The van der Waals surface area contributed by atoms with Crippen molar-refractivity contribution in [2.45, 2.75) is 6.42 Å². The summed E-state index contributed by atoms with van der Waals surface area (Å²) in [5.41, 5.74) is 1.56. The number of nitrogens with zero attached hydrogens (tertiary/aromatic N) is 4. The zero-order valence-corrected chi connectivity index (χ0v) is 14.1. The van der Waals surface area contributed by atoms with Crippen molar-refractivity contribution in [3.05, 3.63) is 54.1 Å². The van der Waals surface area contributed by atoms with Crippen molar-refractivity contribution in [2.75, 3.05) is 19.5 Å². The summed E-state index contributed by atoms with van der Waals surface area (Å²) in [7, 11) is 2.85. The lowest BCUT2D eigenvalue weighted by molar-refractivity contribution is -0.115. The maximum absolute atomic E-state index is 14.1. The predicted octanol–water partition coefficient (Wildman–Crippen LogP) is 2.00. The highest BCUT2D eigenvalue weighted by atomic mass is 19.1. The highest BCUT2D eigenvalue weighted by molar-refractivity contribution is 5.92. The molecule has 26 heavy (non-hydrogen) atoms. The van der Waals surface area contributed by atoms with Crippen LogP contribution >= 0.6 is 0 Å². The number of nitrogens with one attached hydrogen (secondary N) is 1. The molecule has 0 aliphatic heterocycles. The number of benzene rings is 2. The van der Waals surface area contributed by atoms with Crippen LogP contribution < -0.4 is 14.8 Å². The molecule has 0 aliphatic rings. The van der Waals surface area contributed by atoms with Crippen LogP contribution in [-0.2, 0) is 11.2 Å². The number of hydrogen-bond donors (Lipinski definition) is 1. The number of amides is 1. The minimum absolute atomic E-state index is 0.0259. The first-order valence-electron chi connectivity index (χ1n) is 7.64. The van der Waals surface area contributed by atoms with Crippen LogP contribution in [0.4, 0.5) is 10.1 Å². The largest absolute Gasteiger partial charge is 0.493 e. The molecule has 3 aromatic rings. The molecule has 0 aliphatic carbocycles. The molecular weight excluding hydrogens is 341 g/mol. The molecule has 0 spiro atoms. The molecule has 9 heteroatoms. The fourth-order valence-corrected chi connectivity index (χ4v) is 2.38. The topological polar surface area (TPSA) is 91.2 Å². The van der Waals surface area contributed by atoms with Crippen LogP contribution in [0.3, 0.4) is 0 Å². The second kappa shape index (κ2) is 7.60. The molecule has 1 amide bonds. The van der Waals surface area contributed by atoms with Crippen LogP contribution in [0.1, 0.15) is 5.56 Å². The van der Waals surface area contributed by atoms with E-state index in [2.05, 4.69) is 20.8 Å². The van der Waals surface area contributed by atoms with Crippen molar-refractivity contribution in [3.8, 4) is 17.2 Å². The van der Waals surface area contributed by atoms with Gasteiger partial charge in [0, 0.05) is 12.1 Å². The fraction of sp³-hybridized carbons (Fsp3) is 0.176. The van der Waals surface area contributed by atoms with Gasteiger partial charge in [0.05, 0.1) is 32.0 Å². The van der Waals surface area contributed by atoms with Crippen molar-refractivity contribution in [1.82, 2.24) is 20.2 Å². The van der Waals surface area contributed by atoms with Gasteiger partial charge >= 0.3 is 0 Å². The molecule has 0 bridgehead atoms. The van der Waals surface area contributed by atoms with Gasteiger partial charge in [0.25, 0.3) is 0 Å². The Kier molecular flexibility index (Phi) is 5.07. The molecule has 1 heterocycles. The van der Waals surface area contributed by atoms with Gasteiger partial charge in [-0.15, -0.1) is 5.10 Å². The monoisotopic (exact) mass is 357 g/mol. The van der Waals surface area contributed by atoms with Gasteiger partial charge in [0.15, 0.2) is 17.3 Å². The first-order valence-corrected chi connectivity index (χ1v) is 7.64. The molecule has 1 N–H and O–H groups in total. The van der Waals surface area contributed by atoms with Gasteiger partial charge in [0.1, 0.15) is 6.33 Å². The maximum atomic E-state index is 14.1. The number of aromatic nitrogens is 4. The molecule has 1 aromatic heterocycles. The standard InChI is InChI=1S/C17H16FN5O3/c1-25-15-8-13(18)14(9-16(15)26-2)20-17(24)7-11-3-5-12(6-4-11)23-10-19-21-22-23/h3-6,8-10H,7H2,1-2H3,(H,20,24). The quantitative estimate of drug-likeness (QED) is 0.726. The second-order valence-corrected chi connectivity index (χ2v) is 5.33. The Morgan fingerprint density at radius 2 is 1.85 bits per heavy atom. The number of methoxy groups -OCH3 is 2. The van der Waals surface area contributed by atoms with E-state index in [1.807, 2.05) is 0 Å². The van der Waals surface area contributed by atoms with Crippen LogP contribution in [0.25, 0.3) is 5.69 Å². The zero-order chi connectivity index (χ0) is 18.5. The first-order chi connectivity index (χ1) is 12.6. The number of rotatable bonds is 6. The number of carbonyl (C=O) groups is 1. The maximum Gasteiger partial charge on any atom is 0.228 e. The zero-order valence-electron chi connectivity index (χ0n) is 14.1. The summed E-state index contributed by atoms with van der Waals surface area (Å²) < 4.78 is 25.7. The van der Waals surface area contributed by atoms with E-state index in [1.54, 1.807) is 24.3 Å². The molecule has 0 unspecified atom stereocenters. The average molecular weight is 357 g/mol. The third kappa shape index (κ3) is 3.77. The van der Waals surface area contributed by atoms with E-state index in [0.717, 1.165) is 17.3 Å². The first kappa shape index (κ1) is 17.3. The second-order valence-electron chi connectivity index (χ2n) is 5.33. The summed E-state index contributed by atoms with van der Waals surface area (Å²) in [6.45, 7) is 0. The van der Waals surface area contributed by atoms with Crippen LogP contribution in [0.5, 0.6) is 11.5 Å². The molecule has 134 valence electrons. The molecule has 3 rings (SSSR count). The molecule has 2 aromatic carbocycles. The molecule has 0 fully saturated rings. The fourth-order valence-electron chi connectivity index (χ4n) is 2.38. The number of halogens is 1. The van der Waals surface area contributed by atoms with E-state index in [0.29, 0.717) is 5.75 Å². The van der Waals surface area contributed by atoms with Gasteiger partial charge in [-0.25, -0.2) is 9.07 Å². The Hall–Kier alpha value is -3.49. The molecule has 8 nitrogen and oxygen atoms in total. The van der Waals surface area contributed by atoms with E-state index in [1.165, 1.54) is 31.3 Å². The molecule has 0 radical (unpaired) electrons. The smallest absolute Gasteiger partial charge is 0.228 e. The Morgan fingerprint density at radius 3 is 2.46 bits per heavy atom. The molecule has 0 saturated carbocycles. The van der Waals surface area contributed by atoms with Crippen molar-refractivity contribution >= 4 is 11.6 Å². The van der Waals surface area contributed by atoms with Gasteiger partial charge in [-0.3, -0.25) is 4.79 Å². The highest BCUT2D eigenvalue weighted by Gasteiger charge is 2.13. The summed E-state index contributed by atoms with van der Waals surface area (Å²) in [5, 5.41) is 13.5. The van der Waals surface area contributed by atoms with E-state index >= 15 is 0 Å². The van der Waals surface area contributed by atoms with Crippen LogP contribution in [0.15, 0.2) is 42.7 Å². The summed E-state index contributed by atoms with van der Waals surface area (Å²) in [6, 6.07) is 9.68. The lowest BCUT2D eigenvalue weighted by atomic mass is 10.1. The van der Waals surface area contributed by atoms with Gasteiger partial charge in [0.2, 0.25) is 5.91 Å². The van der Waals surface area contributed by atoms with E-state index < -0.39 is 5.82 Å². The van der Waals surface area contributed by atoms with Gasteiger partial charge in [-0.1, -0.05) is 12.1 Å². The Balaban J connectivity index is 1.69. The number of ether oxygens (including phenoxy) is 2. The Bertz CT molecular complexity index is 898. The summed E-state index contributed by atoms with van der Waals surface area (Å²) >= 11 is 0.